The lowest BCUT2D eigenvalue weighted by atomic mass is 10.1. The van der Waals surface area contributed by atoms with Crippen LogP contribution in [0.5, 0.6) is 0 Å². The standard InChI is InChI=1S/C15H22O2/c1-4-6-15(17)10-9-13(2)7-5-8-14(3)11-12-16/h4-8,11-12,15,17H,9-10H2,1-3H3. The summed E-state index contributed by atoms with van der Waals surface area (Å²) < 4.78 is 0. The number of rotatable bonds is 7. The van der Waals surface area contributed by atoms with Crippen LogP contribution >= 0.6 is 0 Å². The maximum Gasteiger partial charge on any atom is 0.143 e. The minimum Gasteiger partial charge on any atom is -0.389 e. The maximum absolute atomic E-state index is 10.2. The zero-order valence-electron chi connectivity index (χ0n) is 10.9. The highest BCUT2D eigenvalue weighted by molar-refractivity contribution is 5.66. The van der Waals surface area contributed by atoms with Crippen molar-refractivity contribution < 1.29 is 9.90 Å². The lowest BCUT2D eigenvalue weighted by Gasteiger charge is -2.04. The van der Waals surface area contributed by atoms with Gasteiger partial charge >= 0.3 is 0 Å². The Balaban J connectivity index is 4.10. The summed E-state index contributed by atoms with van der Waals surface area (Å²) in [5.74, 6) is 0. The van der Waals surface area contributed by atoms with Crippen LogP contribution in [-0.2, 0) is 4.79 Å². The summed E-state index contributed by atoms with van der Waals surface area (Å²) in [6.07, 6.45) is 13.0. The number of carbonyl (C=O) groups is 1. The smallest absolute Gasteiger partial charge is 0.143 e. The molecular formula is C15H22O2. The summed E-state index contributed by atoms with van der Waals surface area (Å²) >= 11 is 0. The van der Waals surface area contributed by atoms with E-state index in [-0.39, 0.29) is 6.10 Å². The SMILES string of the molecule is CC=CC(O)CCC(C)=CC=CC(C)=CC=O. The highest BCUT2D eigenvalue weighted by Crippen LogP contribution is 2.08. The summed E-state index contributed by atoms with van der Waals surface area (Å²) in [6.45, 7) is 5.81. The number of aliphatic hydroxyl groups is 1. The molecule has 1 atom stereocenters. The molecule has 0 spiro atoms. The van der Waals surface area contributed by atoms with Crippen molar-refractivity contribution in [3.8, 4) is 0 Å². The zero-order valence-corrected chi connectivity index (χ0v) is 10.9. The number of hydrogen-bond donors (Lipinski definition) is 1. The fraction of sp³-hybridized carbons (Fsp3) is 0.400. The summed E-state index contributed by atoms with van der Waals surface area (Å²) in [7, 11) is 0. The molecule has 0 aliphatic rings. The number of allylic oxidation sites excluding steroid dienone is 7. The van der Waals surface area contributed by atoms with Gasteiger partial charge < -0.3 is 5.11 Å². The van der Waals surface area contributed by atoms with Crippen molar-refractivity contribution in [1.82, 2.24) is 0 Å². The van der Waals surface area contributed by atoms with Gasteiger partial charge in [-0.3, -0.25) is 4.79 Å². The molecular weight excluding hydrogens is 212 g/mol. The Labute approximate surface area is 104 Å². The Morgan fingerprint density at radius 2 is 2.00 bits per heavy atom. The van der Waals surface area contributed by atoms with Crippen LogP contribution in [0.25, 0.3) is 0 Å². The van der Waals surface area contributed by atoms with Crippen LogP contribution < -0.4 is 0 Å². The molecule has 0 radical (unpaired) electrons. The fourth-order valence-electron chi connectivity index (χ4n) is 1.30. The molecule has 0 aromatic carbocycles. The lowest BCUT2D eigenvalue weighted by molar-refractivity contribution is -0.104. The van der Waals surface area contributed by atoms with E-state index in [2.05, 4.69) is 0 Å². The van der Waals surface area contributed by atoms with Crippen molar-refractivity contribution in [1.29, 1.82) is 0 Å². The normalized spacial score (nSPS) is 15.8. The third kappa shape index (κ3) is 9.52. The fourth-order valence-corrected chi connectivity index (χ4v) is 1.30. The molecule has 0 rings (SSSR count). The first-order valence-electron chi connectivity index (χ1n) is 5.87. The summed E-state index contributed by atoms with van der Waals surface area (Å²) in [5, 5.41) is 9.50. The molecule has 1 N–H and O–H groups in total. The van der Waals surface area contributed by atoms with Crippen LogP contribution in [0.2, 0.25) is 0 Å². The molecule has 2 nitrogen and oxygen atoms in total. The highest BCUT2D eigenvalue weighted by atomic mass is 16.3. The van der Waals surface area contributed by atoms with E-state index in [4.69, 9.17) is 0 Å². The highest BCUT2D eigenvalue weighted by Gasteiger charge is 1.98. The molecule has 0 saturated heterocycles. The van der Waals surface area contributed by atoms with Gasteiger partial charge in [0.25, 0.3) is 0 Å². The van der Waals surface area contributed by atoms with Crippen molar-refractivity contribution in [2.45, 2.75) is 39.7 Å². The van der Waals surface area contributed by atoms with Crippen LogP contribution in [0, 0.1) is 0 Å². The molecule has 94 valence electrons. The second kappa shape index (κ2) is 9.79. The molecule has 2 heteroatoms. The van der Waals surface area contributed by atoms with Crippen LogP contribution in [-0.4, -0.2) is 17.5 Å². The van der Waals surface area contributed by atoms with Gasteiger partial charge in [0.2, 0.25) is 0 Å². The van der Waals surface area contributed by atoms with Gasteiger partial charge in [-0.1, -0.05) is 36.0 Å². The van der Waals surface area contributed by atoms with E-state index in [1.807, 2.05) is 45.1 Å². The van der Waals surface area contributed by atoms with Gasteiger partial charge in [0.1, 0.15) is 6.29 Å². The molecule has 0 fully saturated rings. The van der Waals surface area contributed by atoms with Crippen molar-refractivity contribution >= 4 is 6.29 Å². The van der Waals surface area contributed by atoms with E-state index < -0.39 is 0 Å². The van der Waals surface area contributed by atoms with Gasteiger partial charge in [0.15, 0.2) is 0 Å². The van der Waals surface area contributed by atoms with E-state index in [0.29, 0.717) is 0 Å². The van der Waals surface area contributed by atoms with E-state index >= 15 is 0 Å². The van der Waals surface area contributed by atoms with Crippen molar-refractivity contribution in [3.05, 3.63) is 47.6 Å². The number of aliphatic hydroxyl groups excluding tert-OH is 1. The van der Waals surface area contributed by atoms with Gasteiger partial charge in [-0.15, -0.1) is 0 Å². The van der Waals surface area contributed by atoms with E-state index in [1.54, 1.807) is 6.08 Å². The number of carbonyl (C=O) groups excluding carboxylic acids is 1. The van der Waals surface area contributed by atoms with Gasteiger partial charge in [-0.2, -0.15) is 0 Å². The molecule has 17 heavy (non-hydrogen) atoms. The lowest BCUT2D eigenvalue weighted by Crippen LogP contribution is -2.01. The van der Waals surface area contributed by atoms with Gasteiger partial charge in [-0.05, 0) is 45.3 Å². The quantitative estimate of drug-likeness (QED) is 0.317. The average molecular weight is 234 g/mol. The zero-order chi connectivity index (χ0) is 13.1. The minimum absolute atomic E-state index is 0.357. The van der Waals surface area contributed by atoms with Crippen LogP contribution in [0.4, 0.5) is 0 Å². The van der Waals surface area contributed by atoms with Crippen LogP contribution in [0.1, 0.15) is 33.6 Å². The molecule has 0 amide bonds. The molecule has 0 saturated carbocycles. The first kappa shape index (κ1) is 15.6. The second-order valence-electron chi connectivity index (χ2n) is 4.05. The van der Waals surface area contributed by atoms with Crippen LogP contribution in [0.15, 0.2) is 47.6 Å². The maximum atomic E-state index is 10.2. The Morgan fingerprint density at radius 1 is 1.29 bits per heavy atom. The summed E-state index contributed by atoms with van der Waals surface area (Å²) in [4.78, 5) is 10.2. The van der Waals surface area contributed by atoms with Crippen molar-refractivity contribution in [2.24, 2.45) is 0 Å². The predicted octanol–water partition coefficient (Wildman–Crippen LogP) is 3.35. The molecule has 0 aliphatic carbocycles. The summed E-state index contributed by atoms with van der Waals surface area (Å²) in [5.41, 5.74) is 2.14. The topological polar surface area (TPSA) is 37.3 Å². The monoisotopic (exact) mass is 234 g/mol. The third-order valence-electron chi connectivity index (χ3n) is 2.32. The first-order valence-corrected chi connectivity index (χ1v) is 5.87. The number of aldehydes is 1. The Hall–Kier alpha value is -1.41. The molecule has 1 unspecified atom stereocenters. The Morgan fingerprint density at radius 3 is 2.59 bits per heavy atom. The van der Waals surface area contributed by atoms with E-state index in [9.17, 15) is 9.90 Å². The Kier molecular flexibility index (Phi) is 8.98. The largest absolute Gasteiger partial charge is 0.389 e. The van der Waals surface area contributed by atoms with E-state index in [1.165, 1.54) is 11.6 Å². The molecule has 0 bridgehead atoms. The van der Waals surface area contributed by atoms with E-state index in [0.717, 1.165) is 24.7 Å². The molecule has 0 aromatic heterocycles. The summed E-state index contributed by atoms with van der Waals surface area (Å²) in [6, 6.07) is 0. The third-order valence-corrected chi connectivity index (χ3v) is 2.32. The van der Waals surface area contributed by atoms with Gasteiger partial charge in [-0.25, -0.2) is 0 Å². The molecule has 0 aromatic rings. The van der Waals surface area contributed by atoms with Crippen molar-refractivity contribution in [2.75, 3.05) is 0 Å². The second-order valence-corrected chi connectivity index (χ2v) is 4.05. The van der Waals surface area contributed by atoms with Crippen LogP contribution in [0.3, 0.4) is 0 Å². The Bertz CT molecular complexity index is 333. The molecule has 0 heterocycles. The van der Waals surface area contributed by atoms with Crippen molar-refractivity contribution in [3.63, 3.8) is 0 Å². The van der Waals surface area contributed by atoms with Gasteiger partial charge in [0, 0.05) is 0 Å². The average Bonchev–Trinajstić information content (AvgIpc) is 2.27. The minimum atomic E-state index is -0.357. The molecule has 0 aliphatic heterocycles. The number of hydrogen-bond acceptors (Lipinski definition) is 2. The van der Waals surface area contributed by atoms with Gasteiger partial charge in [0.05, 0.1) is 6.10 Å². The predicted molar refractivity (Wildman–Crippen MR) is 72.8 cm³/mol. The first-order chi connectivity index (χ1) is 8.10.